The lowest BCUT2D eigenvalue weighted by atomic mass is 9.94. The van der Waals surface area contributed by atoms with Crippen LogP contribution in [0.3, 0.4) is 0 Å². The molecule has 1 aliphatic heterocycles. The number of nitrogens with one attached hydrogen (secondary N) is 2. The summed E-state index contributed by atoms with van der Waals surface area (Å²) >= 11 is 5.98. The predicted octanol–water partition coefficient (Wildman–Crippen LogP) is 3.93. The number of imidazole rings is 1. The fourth-order valence-electron chi connectivity index (χ4n) is 4.69. The van der Waals surface area contributed by atoms with Gasteiger partial charge in [0.1, 0.15) is 23.1 Å². The Morgan fingerprint density at radius 1 is 1.24 bits per heavy atom. The molecule has 0 radical (unpaired) electrons. The number of hydrogen-bond acceptors (Lipinski definition) is 6. The molecule has 7 nitrogen and oxygen atoms in total. The van der Waals surface area contributed by atoms with Crippen molar-refractivity contribution < 1.29 is 13.5 Å². The van der Waals surface area contributed by atoms with Gasteiger partial charge < -0.3 is 20.4 Å². The van der Waals surface area contributed by atoms with Crippen molar-refractivity contribution >= 4 is 17.4 Å². The van der Waals surface area contributed by atoms with Crippen LogP contribution >= 0.6 is 11.6 Å². The quantitative estimate of drug-likeness (QED) is 0.510. The highest BCUT2D eigenvalue weighted by Crippen LogP contribution is 2.43. The number of nitrogens with zero attached hydrogens (tertiary/aromatic N) is 3. The molecule has 10 heteroatoms. The summed E-state index contributed by atoms with van der Waals surface area (Å²) < 4.78 is 34.9. The zero-order chi connectivity index (χ0) is 24.0. The maximum absolute atomic E-state index is 14.0. The van der Waals surface area contributed by atoms with E-state index in [4.69, 9.17) is 27.1 Å². The first-order valence-electron chi connectivity index (χ1n) is 10.7. The topological polar surface area (TPSA) is 89.5 Å². The Hall–Kier alpha value is -3.43. The molecule has 0 amide bonds. The molecular formula is C24H23ClF2N6O. The number of nitrogens with two attached hydrogens (primary N) is 1. The molecular weight excluding hydrogens is 462 g/mol. The van der Waals surface area contributed by atoms with Crippen LogP contribution in [-0.4, -0.2) is 29.5 Å². The molecule has 176 valence electrons. The van der Waals surface area contributed by atoms with Crippen molar-refractivity contribution in [1.82, 2.24) is 20.2 Å². The molecule has 2 aliphatic rings. The van der Waals surface area contributed by atoms with E-state index in [2.05, 4.69) is 15.6 Å². The highest BCUT2D eigenvalue weighted by Gasteiger charge is 2.41. The van der Waals surface area contributed by atoms with Crippen LogP contribution in [0.15, 0.2) is 65.2 Å². The number of allylic oxidation sites excluding steroid dienone is 1. The first-order valence-corrected chi connectivity index (χ1v) is 11.1. The Balaban J connectivity index is 1.55. The SMILES string of the molecule is CNC1(c2ccc(-n3cnc(Cl)c3)c(OC)c2)N=C(N)C2=C(N1)C(c1ccc(F)c(F)c1)CC2. The summed E-state index contributed by atoms with van der Waals surface area (Å²) in [6.45, 7) is 0. The molecule has 1 aliphatic carbocycles. The van der Waals surface area contributed by atoms with Gasteiger partial charge >= 0.3 is 0 Å². The van der Waals surface area contributed by atoms with E-state index in [0.717, 1.165) is 28.6 Å². The largest absolute Gasteiger partial charge is 0.495 e. The molecule has 2 unspecified atom stereocenters. The third-order valence-electron chi connectivity index (χ3n) is 6.40. The minimum atomic E-state index is -1.08. The molecule has 34 heavy (non-hydrogen) atoms. The summed E-state index contributed by atoms with van der Waals surface area (Å²) in [6, 6.07) is 9.65. The third-order valence-corrected chi connectivity index (χ3v) is 6.60. The van der Waals surface area contributed by atoms with Crippen molar-refractivity contribution in [2.45, 2.75) is 24.5 Å². The highest BCUT2D eigenvalue weighted by atomic mass is 35.5. The second kappa shape index (κ2) is 8.41. The molecule has 2 heterocycles. The number of halogens is 3. The van der Waals surface area contributed by atoms with Crippen LogP contribution in [-0.2, 0) is 5.79 Å². The molecule has 5 rings (SSSR count). The standard InChI is InChI=1S/C24H23ClF2N6O/c1-29-24(14-4-8-19(20(10-14)34-2)33-11-21(25)30-12-33)31-22-15(5-6-16(22)23(28)32-24)13-3-7-17(26)18(27)9-13/h3-4,7-12,15,29,31H,5-6H2,1-2H3,(H2,28,32). The van der Waals surface area contributed by atoms with Crippen LogP contribution < -0.4 is 21.1 Å². The van der Waals surface area contributed by atoms with Crippen molar-refractivity contribution in [2.75, 3.05) is 14.2 Å². The molecule has 0 spiro atoms. The smallest absolute Gasteiger partial charge is 0.213 e. The second-order valence-electron chi connectivity index (χ2n) is 8.23. The summed E-state index contributed by atoms with van der Waals surface area (Å²) in [5.41, 5.74) is 10.3. The monoisotopic (exact) mass is 484 g/mol. The zero-order valence-electron chi connectivity index (χ0n) is 18.6. The first-order chi connectivity index (χ1) is 16.3. The van der Waals surface area contributed by atoms with E-state index in [1.165, 1.54) is 6.07 Å². The average molecular weight is 485 g/mol. The molecule has 0 saturated heterocycles. The summed E-state index contributed by atoms with van der Waals surface area (Å²) in [6.07, 6.45) is 4.68. The number of methoxy groups -OCH3 is 1. The normalized spacial score (nSPS) is 21.8. The number of amidine groups is 1. The van der Waals surface area contributed by atoms with Crippen LogP contribution in [0.5, 0.6) is 5.75 Å². The fraction of sp³-hybridized carbons (Fsp3) is 0.250. The average Bonchev–Trinajstić information content (AvgIpc) is 3.46. The predicted molar refractivity (Wildman–Crippen MR) is 126 cm³/mol. The number of ether oxygens (including phenoxy) is 1. The van der Waals surface area contributed by atoms with Gasteiger partial charge in [0, 0.05) is 28.9 Å². The number of hydrogen-bond donors (Lipinski definition) is 3. The van der Waals surface area contributed by atoms with Gasteiger partial charge in [0.2, 0.25) is 5.79 Å². The Labute approximate surface area is 200 Å². The second-order valence-corrected chi connectivity index (χ2v) is 8.62. The molecule has 4 N–H and O–H groups in total. The summed E-state index contributed by atoms with van der Waals surface area (Å²) in [5.74, 6) is -2.00. The maximum atomic E-state index is 14.0. The number of benzene rings is 2. The number of rotatable bonds is 5. The fourth-order valence-corrected chi connectivity index (χ4v) is 4.83. The molecule has 1 aromatic heterocycles. The van der Waals surface area contributed by atoms with Crippen LogP contribution in [0.1, 0.15) is 29.9 Å². The molecule has 3 aromatic rings. The van der Waals surface area contributed by atoms with Gasteiger partial charge in [0.25, 0.3) is 0 Å². The van der Waals surface area contributed by atoms with Crippen molar-refractivity contribution in [3.05, 3.63) is 88.1 Å². The van der Waals surface area contributed by atoms with Crippen molar-refractivity contribution in [3.8, 4) is 11.4 Å². The van der Waals surface area contributed by atoms with Gasteiger partial charge in [-0.15, -0.1) is 0 Å². The Bertz CT molecular complexity index is 1340. The van der Waals surface area contributed by atoms with Gasteiger partial charge in [-0.1, -0.05) is 23.7 Å². The third kappa shape index (κ3) is 3.61. The van der Waals surface area contributed by atoms with E-state index in [1.807, 2.05) is 18.2 Å². The molecule has 2 aromatic carbocycles. The van der Waals surface area contributed by atoms with E-state index in [1.54, 1.807) is 37.3 Å². The minimum Gasteiger partial charge on any atom is -0.495 e. The Morgan fingerprint density at radius 3 is 2.74 bits per heavy atom. The van der Waals surface area contributed by atoms with Gasteiger partial charge in [-0.3, -0.25) is 5.32 Å². The lowest BCUT2D eigenvalue weighted by Crippen LogP contribution is -2.54. The summed E-state index contributed by atoms with van der Waals surface area (Å²) in [4.78, 5) is 8.83. The van der Waals surface area contributed by atoms with Crippen molar-refractivity contribution in [3.63, 3.8) is 0 Å². The molecule has 2 atom stereocenters. The lowest BCUT2D eigenvalue weighted by Gasteiger charge is -2.38. The van der Waals surface area contributed by atoms with E-state index < -0.39 is 17.4 Å². The number of aliphatic imine (C=N–C) groups is 1. The van der Waals surface area contributed by atoms with Gasteiger partial charge in [-0.2, -0.15) is 0 Å². The first kappa shape index (κ1) is 22.4. The van der Waals surface area contributed by atoms with Crippen LogP contribution in [0.2, 0.25) is 5.15 Å². The van der Waals surface area contributed by atoms with Gasteiger partial charge in [0.15, 0.2) is 11.6 Å². The Morgan fingerprint density at radius 2 is 2.06 bits per heavy atom. The van der Waals surface area contributed by atoms with E-state index in [9.17, 15) is 8.78 Å². The number of aromatic nitrogens is 2. The highest BCUT2D eigenvalue weighted by molar-refractivity contribution is 6.29. The molecule has 0 bridgehead atoms. The van der Waals surface area contributed by atoms with Crippen LogP contribution in [0.4, 0.5) is 8.78 Å². The molecule has 0 saturated carbocycles. The van der Waals surface area contributed by atoms with E-state index >= 15 is 0 Å². The molecule has 0 fully saturated rings. The van der Waals surface area contributed by atoms with Crippen LogP contribution in [0.25, 0.3) is 5.69 Å². The summed E-state index contributed by atoms with van der Waals surface area (Å²) in [7, 11) is 3.35. The summed E-state index contributed by atoms with van der Waals surface area (Å²) in [5, 5.41) is 7.12. The Kier molecular flexibility index (Phi) is 5.53. The zero-order valence-corrected chi connectivity index (χ0v) is 19.3. The minimum absolute atomic E-state index is 0.166. The van der Waals surface area contributed by atoms with Gasteiger partial charge in [0.05, 0.1) is 12.8 Å². The van der Waals surface area contributed by atoms with Crippen molar-refractivity contribution in [2.24, 2.45) is 10.7 Å². The van der Waals surface area contributed by atoms with Gasteiger partial charge in [-0.25, -0.2) is 18.8 Å². The van der Waals surface area contributed by atoms with E-state index in [-0.39, 0.29) is 5.92 Å². The van der Waals surface area contributed by atoms with Crippen molar-refractivity contribution in [1.29, 1.82) is 0 Å². The van der Waals surface area contributed by atoms with Gasteiger partial charge in [-0.05, 0) is 49.7 Å². The maximum Gasteiger partial charge on any atom is 0.213 e. The van der Waals surface area contributed by atoms with E-state index in [0.29, 0.717) is 35.1 Å². The lowest BCUT2D eigenvalue weighted by molar-refractivity contribution is 0.309. The van der Waals surface area contributed by atoms with Crippen LogP contribution in [0, 0.1) is 11.6 Å².